The number of aryl methyl sites for hydroxylation is 1. The number of benzene rings is 2. The van der Waals surface area contributed by atoms with Gasteiger partial charge in [0.1, 0.15) is 0 Å². The van der Waals surface area contributed by atoms with Crippen LogP contribution in [0.4, 0.5) is 5.69 Å². The summed E-state index contributed by atoms with van der Waals surface area (Å²) in [6, 6.07) is 15.4. The standard InChI is InChI=1S/C21H23N5O2S/c1-14-3-7-17(8-4-14)20-24-25-21(29)26(20)12-11-19(28)22-13-16-5-9-18(10-6-16)23-15(2)27/h3-10H,11-13H2,1-2H3,(H,22,28)(H,23,27)(H,25,29). The first-order valence-electron chi connectivity index (χ1n) is 9.28. The van der Waals surface area contributed by atoms with Crippen LogP contribution in [0.25, 0.3) is 11.4 Å². The van der Waals surface area contributed by atoms with Crippen molar-refractivity contribution in [3.05, 3.63) is 64.4 Å². The largest absolute Gasteiger partial charge is 0.352 e. The monoisotopic (exact) mass is 409 g/mol. The summed E-state index contributed by atoms with van der Waals surface area (Å²) in [6.45, 7) is 4.34. The van der Waals surface area contributed by atoms with Crippen LogP contribution < -0.4 is 10.6 Å². The highest BCUT2D eigenvalue weighted by molar-refractivity contribution is 7.71. The zero-order valence-corrected chi connectivity index (χ0v) is 17.2. The lowest BCUT2D eigenvalue weighted by Crippen LogP contribution is -2.24. The molecule has 8 heteroatoms. The van der Waals surface area contributed by atoms with E-state index in [1.54, 1.807) is 0 Å². The summed E-state index contributed by atoms with van der Waals surface area (Å²) in [5.74, 6) is 0.527. The molecule has 29 heavy (non-hydrogen) atoms. The van der Waals surface area contributed by atoms with Crippen molar-refractivity contribution in [3.8, 4) is 11.4 Å². The van der Waals surface area contributed by atoms with Crippen LogP contribution in [0.15, 0.2) is 48.5 Å². The maximum Gasteiger partial charge on any atom is 0.222 e. The molecule has 0 aliphatic rings. The molecular weight excluding hydrogens is 386 g/mol. The van der Waals surface area contributed by atoms with Crippen molar-refractivity contribution in [1.29, 1.82) is 0 Å². The zero-order chi connectivity index (χ0) is 20.8. The summed E-state index contributed by atoms with van der Waals surface area (Å²) in [5.41, 5.74) is 3.79. The number of rotatable bonds is 7. The number of hydrogen-bond donors (Lipinski definition) is 3. The number of aromatic nitrogens is 3. The minimum absolute atomic E-state index is 0.0751. The lowest BCUT2D eigenvalue weighted by molar-refractivity contribution is -0.121. The molecule has 0 saturated heterocycles. The molecule has 150 valence electrons. The van der Waals surface area contributed by atoms with Crippen LogP contribution in [0.1, 0.15) is 24.5 Å². The number of nitrogens with zero attached hydrogens (tertiary/aromatic N) is 2. The van der Waals surface area contributed by atoms with Crippen LogP contribution in [0.2, 0.25) is 0 Å². The molecule has 0 spiro atoms. The predicted molar refractivity (Wildman–Crippen MR) is 115 cm³/mol. The molecule has 0 aliphatic heterocycles. The molecular formula is C21H23N5O2S. The Labute approximate surface area is 174 Å². The zero-order valence-electron chi connectivity index (χ0n) is 16.4. The average molecular weight is 410 g/mol. The molecule has 2 aromatic carbocycles. The first-order valence-corrected chi connectivity index (χ1v) is 9.68. The average Bonchev–Trinajstić information content (AvgIpc) is 3.06. The van der Waals surface area contributed by atoms with E-state index in [0.717, 1.165) is 22.6 Å². The van der Waals surface area contributed by atoms with Crippen molar-refractivity contribution in [2.45, 2.75) is 33.4 Å². The summed E-state index contributed by atoms with van der Waals surface area (Å²) < 4.78 is 2.32. The van der Waals surface area contributed by atoms with Gasteiger partial charge >= 0.3 is 0 Å². The van der Waals surface area contributed by atoms with Gasteiger partial charge in [0.15, 0.2) is 10.6 Å². The highest BCUT2D eigenvalue weighted by Crippen LogP contribution is 2.18. The maximum atomic E-state index is 12.3. The highest BCUT2D eigenvalue weighted by atomic mass is 32.1. The number of anilines is 1. The molecule has 0 radical (unpaired) electrons. The molecule has 7 nitrogen and oxygen atoms in total. The van der Waals surface area contributed by atoms with Gasteiger partial charge in [-0.1, -0.05) is 42.0 Å². The fraction of sp³-hybridized carbons (Fsp3) is 0.238. The van der Waals surface area contributed by atoms with Crippen molar-refractivity contribution >= 4 is 29.7 Å². The Morgan fingerprint density at radius 1 is 1.10 bits per heavy atom. The van der Waals surface area contributed by atoms with Gasteiger partial charge in [0.25, 0.3) is 0 Å². The Balaban J connectivity index is 1.56. The summed E-state index contributed by atoms with van der Waals surface area (Å²) in [5, 5.41) is 12.7. The van der Waals surface area contributed by atoms with E-state index in [0.29, 0.717) is 17.9 Å². The van der Waals surface area contributed by atoms with Crippen molar-refractivity contribution in [3.63, 3.8) is 0 Å². The predicted octanol–water partition coefficient (Wildman–Crippen LogP) is 3.58. The van der Waals surface area contributed by atoms with Gasteiger partial charge in [0.2, 0.25) is 11.8 Å². The van der Waals surface area contributed by atoms with E-state index in [1.165, 1.54) is 12.5 Å². The van der Waals surface area contributed by atoms with Crippen LogP contribution >= 0.6 is 12.2 Å². The first kappa shape index (κ1) is 20.5. The maximum absolute atomic E-state index is 12.3. The van der Waals surface area contributed by atoms with Crippen LogP contribution in [0.3, 0.4) is 0 Å². The van der Waals surface area contributed by atoms with E-state index in [4.69, 9.17) is 12.2 Å². The smallest absolute Gasteiger partial charge is 0.222 e. The van der Waals surface area contributed by atoms with Crippen molar-refractivity contribution < 1.29 is 9.59 Å². The summed E-state index contributed by atoms with van der Waals surface area (Å²) in [7, 11) is 0. The third-order valence-electron chi connectivity index (χ3n) is 4.39. The topological polar surface area (TPSA) is 91.8 Å². The number of nitrogens with one attached hydrogen (secondary N) is 3. The molecule has 2 amide bonds. The normalized spacial score (nSPS) is 10.6. The highest BCUT2D eigenvalue weighted by Gasteiger charge is 2.10. The number of amides is 2. The van der Waals surface area contributed by atoms with Gasteiger partial charge in [-0.15, -0.1) is 0 Å². The Bertz CT molecular complexity index is 1050. The third-order valence-corrected chi connectivity index (χ3v) is 4.71. The SMILES string of the molecule is CC(=O)Nc1ccc(CNC(=O)CCn2c(-c3ccc(C)cc3)n[nH]c2=S)cc1. The van der Waals surface area contributed by atoms with E-state index in [9.17, 15) is 9.59 Å². The molecule has 0 aliphatic carbocycles. The molecule has 1 aromatic heterocycles. The van der Waals surface area contributed by atoms with Gasteiger partial charge in [0.05, 0.1) is 0 Å². The number of H-pyrrole nitrogens is 1. The number of carbonyl (C=O) groups is 2. The number of carbonyl (C=O) groups excluding carboxylic acids is 2. The van der Waals surface area contributed by atoms with Gasteiger partial charge in [-0.3, -0.25) is 19.3 Å². The molecule has 3 N–H and O–H groups in total. The van der Waals surface area contributed by atoms with E-state index >= 15 is 0 Å². The minimum Gasteiger partial charge on any atom is -0.352 e. The van der Waals surface area contributed by atoms with Crippen molar-refractivity contribution in [2.24, 2.45) is 0 Å². The van der Waals surface area contributed by atoms with E-state index < -0.39 is 0 Å². The number of hydrogen-bond acceptors (Lipinski definition) is 4. The second-order valence-electron chi connectivity index (χ2n) is 6.77. The van der Waals surface area contributed by atoms with Gasteiger partial charge in [0, 0.05) is 37.7 Å². The van der Waals surface area contributed by atoms with Gasteiger partial charge < -0.3 is 10.6 Å². The number of aromatic amines is 1. The van der Waals surface area contributed by atoms with E-state index in [-0.39, 0.29) is 18.2 Å². The van der Waals surface area contributed by atoms with Gasteiger partial charge in [-0.2, -0.15) is 5.10 Å². The van der Waals surface area contributed by atoms with E-state index in [1.807, 2.05) is 60.0 Å². The van der Waals surface area contributed by atoms with Crippen molar-refractivity contribution in [1.82, 2.24) is 20.1 Å². The summed E-state index contributed by atoms with van der Waals surface area (Å²) in [6.07, 6.45) is 0.288. The third kappa shape index (κ3) is 5.61. The van der Waals surface area contributed by atoms with Crippen LogP contribution in [-0.2, 0) is 22.7 Å². The molecule has 0 unspecified atom stereocenters. The Morgan fingerprint density at radius 3 is 2.45 bits per heavy atom. The summed E-state index contributed by atoms with van der Waals surface area (Å²) in [4.78, 5) is 23.3. The fourth-order valence-electron chi connectivity index (χ4n) is 2.86. The quantitative estimate of drug-likeness (QED) is 0.520. The summed E-state index contributed by atoms with van der Waals surface area (Å²) >= 11 is 5.32. The molecule has 0 atom stereocenters. The molecule has 0 bridgehead atoms. The Morgan fingerprint density at radius 2 is 1.79 bits per heavy atom. The minimum atomic E-state index is -0.117. The first-order chi connectivity index (χ1) is 13.9. The molecule has 1 heterocycles. The van der Waals surface area contributed by atoms with Crippen LogP contribution in [-0.4, -0.2) is 26.6 Å². The second-order valence-corrected chi connectivity index (χ2v) is 7.16. The molecule has 0 saturated carbocycles. The van der Waals surface area contributed by atoms with Crippen molar-refractivity contribution in [2.75, 3.05) is 5.32 Å². The second kappa shape index (κ2) is 9.29. The molecule has 3 aromatic rings. The Hall–Kier alpha value is -3.26. The Kier molecular flexibility index (Phi) is 6.56. The molecule has 0 fully saturated rings. The van der Waals surface area contributed by atoms with Crippen LogP contribution in [0.5, 0.6) is 0 Å². The van der Waals surface area contributed by atoms with Gasteiger partial charge in [-0.25, -0.2) is 0 Å². The van der Waals surface area contributed by atoms with Crippen LogP contribution in [0, 0.1) is 11.7 Å². The lowest BCUT2D eigenvalue weighted by atomic mass is 10.1. The lowest BCUT2D eigenvalue weighted by Gasteiger charge is -2.09. The van der Waals surface area contributed by atoms with E-state index in [2.05, 4.69) is 20.8 Å². The molecule has 3 rings (SSSR count). The van der Waals surface area contributed by atoms with Gasteiger partial charge in [-0.05, 0) is 36.8 Å². The fourth-order valence-corrected chi connectivity index (χ4v) is 3.08.